The molecular formula is C13H20ClNO5. The lowest BCUT2D eigenvalue weighted by atomic mass is 10.2. The number of nitrogens with one attached hydrogen (secondary N) is 1. The topological polar surface area (TPSA) is 81.7 Å². The van der Waals surface area contributed by atoms with Crippen LogP contribution in [0, 0.1) is 0 Å². The minimum Gasteiger partial charge on any atom is -0.464 e. The van der Waals surface area contributed by atoms with Crippen LogP contribution in [0.2, 0.25) is 0 Å². The maximum Gasteiger partial charge on any atom is 0.340 e. The fourth-order valence-corrected chi connectivity index (χ4v) is 1.42. The number of esters is 2. The third-order valence-electron chi connectivity index (χ3n) is 2.14. The molecule has 0 spiro atoms. The normalized spacial score (nSPS) is 10.6. The van der Waals surface area contributed by atoms with Crippen LogP contribution in [0.25, 0.3) is 0 Å². The van der Waals surface area contributed by atoms with Gasteiger partial charge in [-0.25, -0.2) is 9.59 Å². The molecule has 0 heterocycles. The minimum absolute atomic E-state index is 0.114. The summed E-state index contributed by atoms with van der Waals surface area (Å²) < 4.78 is 9.46. The van der Waals surface area contributed by atoms with Crippen molar-refractivity contribution in [3.8, 4) is 0 Å². The zero-order valence-electron chi connectivity index (χ0n) is 11.7. The quantitative estimate of drug-likeness (QED) is 0.299. The Kier molecular flexibility index (Phi) is 10.4. The summed E-state index contributed by atoms with van der Waals surface area (Å²) >= 11 is 5.44. The molecule has 0 aromatic carbocycles. The molecule has 0 bridgehead atoms. The Morgan fingerprint density at radius 3 is 2.10 bits per heavy atom. The van der Waals surface area contributed by atoms with Gasteiger partial charge in [0.25, 0.3) is 0 Å². The maximum atomic E-state index is 11.6. The smallest absolute Gasteiger partial charge is 0.340 e. The average molecular weight is 306 g/mol. The van der Waals surface area contributed by atoms with Gasteiger partial charge in [0.2, 0.25) is 11.9 Å². The predicted octanol–water partition coefficient (Wildman–Crippen LogP) is 1.17. The Morgan fingerprint density at radius 2 is 1.65 bits per heavy atom. The van der Waals surface area contributed by atoms with Gasteiger partial charge in [-0.1, -0.05) is 12.2 Å². The van der Waals surface area contributed by atoms with E-state index < -0.39 is 23.9 Å². The number of amides is 1. The summed E-state index contributed by atoms with van der Waals surface area (Å²) in [7, 11) is 0. The van der Waals surface area contributed by atoms with Crippen LogP contribution in [-0.2, 0) is 23.9 Å². The van der Waals surface area contributed by atoms with E-state index in [2.05, 4.69) is 5.32 Å². The van der Waals surface area contributed by atoms with Crippen molar-refractivity contribution in [2.24, 2.45) is 0 Å². The highest BCUT2D eigenvalue weighted by molar-refractivity contribution is 6.18. The molecule has 1 N–H and O–H groups in total. The van der Waals surface area contributed by atoms with Gasteiger partial charge in [0.1, 0.15) is 0 Å². The largest absolute Gasteiger partial charge is 0.464 e. The van der Waals surface area contributed by atoms with Crippen LogP contribution < -0.4 is 5.32 Å². The van der Waals surface area contributed by atoms with Crippen molar-refractivity contribution in [3.05, 3.63) is 12.2 Å². The van der Waals surface area contributed by atoms with Crippen molar-refractivity contribution >= 4 is 29.4 Å². The monoisotopic (exact) mass is 305 g/mol. The second kappa shape index (κ2) is 11.3. The van der Waals surface area contributed by atoms with E-state index in [1.807, 2.05) is 0 Å². The van der Waals surface area contributed by atoms with Crippen molar-refractivity contribution in [3.63, 3.8) is 0 Å². The zero-order valence-corrected chi connectivity index (χ0v) is 12.4. The Hall–Kier alpha value is -1.56. The zero-order chi connectivity index (χ0) is 15.4. The number of alkyl halides is 1. The van der Waals surface area contributed by atoms with E-state index in [1.54, 1.807) is 26.0 Å². The fraction of sp³-hybridized carbons (Fsp3) is 0.615. The molecule has 6 nitrogen and oxygen atoms in total. The van der Waals surface area contributed by atoms with Gasteiger partial charge in [0.15, 0.2) is 0 Å². The molecular weight excluding hydrogens is 286 g/mol. The Labute approximate surface area is 123 Å². The molecule has 0 aromatic heterocycles. The van der Waals surface area contributed by atoms with Crippen molar-refractivity contribution < 1.29 is 23.9 Å². The second-order valence-corrected chi connectivity index (χ2v) is 3.98. The van der Waals surface area contributed by atoms with E-state index in [0.29, 0.717) is 12.3 Å². The van der Waals surface area contributed by atoms with Gasteiger partial charge < -0.3 is 14.8 Å². The molecule has 0 saturated heterocycles. The molecule has 114 valence electrons. The lowest BCUT2D eigenvalue weighted by molar-refractivity contribution is -0.159. The van der Waals surface area contributed by atoms with Gasteiger partial charge in [0, 0.05) is 12.3 Å². The van der Waals surface area contributed by atoms with Crippen LogP contribution in [0.4, 0.5) is 0 Å². The number of ether oxygens (including phenoxy) is 2. The molecule has 0 fully saturated rings. The third-order valence-corrected chi connectivity index (χ3v) is 2.32. The Bertz CT molecular complexity index is 339. The second-order valence-electron chi connectivity index (χ2n) is 3.67. The molecule has 1 amide bonds. The van der Waals surface area contributed by atoms with E-state index in [4.69, 9.17) is 21.1 Å². The summed E-state index contributed by atoms with van der Waals surface area (Å²) in [6.45, 7) is 3.45. The summed E-state index contributed by atoms with van der Waals surface area (Å²) in [6, 6.07) is -1.42. The van der Waals surface area contributed by atoms with Gasteiger partial charge in [-0.2, -0.15) is 0 Å². The summed E-state index contributed by atoms with van der Waals surface area (Å²) in [4.78, 5) is 34.8. The summed E-state index contributed by atoms with van der Waals surface area (Å²) in [5.74, 6) is -1.71. The summed E-state index contributed by atoms with van der Waals surface area (Å²) in [5.41, 5.74) is 0. The van der Waals surface area contributed by atoms with Crippen molar-refractivity contribution in [1.29, 1.82) is 0 Å². The minimum atomic E-state index is -1.42. The number of rotatable bonds is 9. The number of carbonyl (C=O) groups is 3. The van der Waals surface area contributed by atoms with Crippen LogP contribution in [0.15, 0.2) is 12.2 Å². The molecule has 7 heteroatoms. The molecule has 0 aliphatic carbocycles. The average Bonchev–Trinajstić information content (AvgIpc) is 2.41. The van der Waals surface area contributed by atoms with E-state index in [9.17, 15) is 14.4 Å². The summed E-state index contributed by atoms with van der Waals surface area (Å²) in [6.07, 6.45) is 4.07. The van der Waals surface area contributed by atoms with Gasteiger partial charge >= 0.3 is 11.9 Å². The first-order valence-corrected chi connectivity index (χ1v) is 6.93. The fourth-order valence-electron chi connectivity index (χ4n) is 1.29. The lowest BCUT2D eigenvalue weighted by Gasteiger charge is -2.15. The molecule has 20 heavy (non-hydrogen) atoms. The summed E-state index contributed by atoms with van der Waals surface area (Å²) in [5, 5.41) is 2.31. The first-order chi connectivity index (χ1) is 9.56. The standard InChI is InChI=1S/C13H20ClNO5/c1-3-19-12(17)11(13(18)20-4-2)15-10(16)8-6-5-7-9-14/h5,7,11H,3-4,6,8-9H2,1-2H3,(H,15,16)/b7-5-. The van der Waals surface area contributed by atoms with Crippen LogP contribution in [-0.4, -0.2) is 43.0 Å². The van der Waals surface area contributed by atoms with Crippen molar-refractivity contribution in [2.75, 3.05) is 19.1 Å². The van der Waals surface area contributed by atoms with Crippen LogP contribution in [0.3, 0.4) is 0 Å². The van der Waals surface area contributed by atoms with Crippen LogP contribution >= 0.6 is 11.6 Å². The number of halogens is 1. The van der Waals surface area contributed by atoms with Crippen molar-refractivity contribution in [1.82, 2.24) is 5.32 Å². The highest BCUT2D eigenvalue weighted by Crippen LogP contribution is 1.98. The predicted molar refractivity (Wildman–Crippen MR) is 74.3 cm³/mol. The number of allylic oxidation sites excluding steroid dienone is 2. The Morgan fingerprint density at radius 1 is 1.10 bits per heavy atom. The van der Waals surface area contributed by atoms with Gasteiger partial charge in [-0.3, -0.25) is 4.79 Å². The first kappa shape index (κ1) is 18.4. The van der Waals surface area contributed by atoms with Crippen molar-refractivity contribution in [2.45, 2.75) is 32.7 Å². The molecule has 0 rings (SSSR count). The Balaban J connectivity index is 4.47. The van der Waals surface area contributed by atoms with Gasteiger partial charge in [0.05, 0.1) is 13.2 Å². The number of hydrogen-bond acceptors (Lipinski definition) is 5. The van der Waals surface area contributed by atoms with Gasteiger partial charge in [-0.05, 0) is 20.3 Å². The molecule has 0 radical (unpaired) electrons. The molecule has 0 aromatic rings. The van der Waals surface area contributed by atoms with Crippen LogP contribution in [0.1, 0.15) is 26.7 Å². The number of carbonyl (C=O) groups excluding carboxylic acids is 3. The third kappa shape index (κ3) is 7.78. The van der Waals surface area contributed by atoms with E-state index in [0.717, 1.165) is 0 Å². The molecule has 0 aliphatic rings. The van der Waals surface area contributed by atoms with E-state index in [1.165, 1.54) is 0 Å². The maximum absolute atomic E-state index is 11.6. The van der Waals surface area contributed by atoms with Gasteiger partial charge in [-0.15, -0.1) is 11.6 Å². The molecule has 0 unspecified atom stereocenters. The highest BCUT2D eigenvalue weighted by atomic mass is 35.5. The first-order valence-electron chi connectivity index (χ1n) is 6.40. The molecule has 0 saturated carbocycles. The SMILES string of the molecule is CCOC(=O)C(NC(=O)CC/C=C\CCl)C(=O)OCC. The van der Waals surface area contributed by atoms with Crippen LogP contribution in [0.5, 0.6) is 0 Å². The number of hydrogen-bond donors (Lipinski definition) is 1. The molecule has 0 atom stereocenters. The van der Waals surface area contributed by atoms with E-state index in [-0.39, 0.29) is 19.6 Å². The highest BCUT2D eigenvalue weighted by Gasteiger charge is 2.30. The molecule has 0 aliphatic heterocycles. The lowest BCUT2D eigenvalue weighted by Crippen LogP contribution is -2.48. The van der Waals surface area contributed by atoms with E-state index >= 15 is 0 Å².